The second-order valence-corrected chi connectivity index (χ2v) is 8.81. The number of rotatable bonds is 6. The molecule has 160 valence electrons. The topological polar surface area (TPSA) is 136 Å². The number of urea groups is 1. The zero-order valence-corrected chi connectivity index (χ0v) is 17.6. The molecule has 0 aliphatic heterocycles. The predicted molar refractivity (Wildman–Crippen MR) is 110 cm³/mol. The van der Waals surface area contributed by atoms with Gasteiger partial charge in [0.15, 0.2) is 9.84 Å². The Morgan fingerprint density at radius 3 is 2.23 bits per heavy atom. The molecule has 0 saturated heterocycles. The van der Waals surface area contributed by atoms with Gasteiger partial charge in [-0.15, -0.1) is 0 Å². The van der Waals surface area contributed by atoms with Crippen molar-refractivity contribution in [2.75, 3.05) is 18.2 Å². The van der Waals surface area contributed by atoms with E-state index in [1.165, 1.54) is 17.0 Å². The van der Waals surface area contributed by atoms with Crippen LogP contribution in [0.3, 0.4) is 0 Å². The van der Waals surface area contributed by atoms with Gasteiger partial charge in [0.05, 0.1) is 15.4 Å². The summed E-state index contributed by atoms with van der Waals surface area (Å²) in [4.78, 5) is 35.7. The highest BCUT2D eigenvalue weighted by Gasteiger charge is 2.20. The fourth-order valence-corrected chi connectivity index (χ4v) is 3.06. The van der Waals surface area contributed by atoms with E-state index >= 15 is 0 Å². The van der Waals surface area contributed by atoms with Crippen molar-refractivity contribution in [3.05, 3.63) is 58.1 Å². The van der Waals surface area contributed by atoms with Gasteiger partial charge in [0.1, 0.15) is 5.75 Å². The molecule has 2 aromatic rings. The molecular formula is C19H21N3O7S. The first-order chi connectivity index (χ1) is 13.9. The van der Waals surface area contributed by atoms with Crippen LogP contribution < -0.4 is 15.0 Å². The molecule has 0 saturated carbocycles. The summed E-state index contributed by atoms with van der Waals surface area (Å²) in [5.74, 6) is -0.837. The fourth-order valence-electron chi connectivity index (χ4n) is 2.39. The van der Waals surface area contributed by atoms with Crippen molar-refractivity contribution in [3.8, 4) is 5.75 Å². The van der Waals surface area contributed by atoms with Crippen molar-refractivity contribution in [3.63, 3.8) is 0 Å². The lowest BCUT2D eigenvalue weighted by atomic mass is 10.2. The number of nitro groups is 1. The van der Waals surface area contributed by atoms with E-state index in [1.54, 1.807) is 19.2 Å². The summed E-state index contributed by atoms with van der Waals surface area (Å²) in [5, 5.41) is 13.8. The maximum absolute atomic E-state index is 12.4. The lowest BCUT2D eigenvalue weighted by Crippen LogP contribution is -2.40. The molecule has 10 nitrogen and oxygen atoms in total. The van der Waals surface area contributed by atoms with Gasteiger partial charge in [-0.05, 0) is 44.2 Å². The Morgan fingerprint density at radius 2 is 1.73 bits per heavy atom. The number of carbonyl (C=O) groups excluding carboxylic acids is 2. The Balaban J connectivity index is 2.23. The number of hydrogen-bond acceptors (Lipinski definition) is 7. The van der Waals surface area contributed by atoms with Crippen LogP contribution in [-0.2, 0) is 9.84 Å². The normalized spacial score (nSPS) is 11.1. The van der Waals surface area contributed by atoms with E-state index in [1.807, 2.05) is 13.8 Å². The Labute approximate surface area is 173 Å². The first-order valence-corrected chi connectivity index (χ1v) is 10.6. The number of non-ortho nitro benzene ring substituents is 1. The van der Waals surface area contributed by atoms with Crippen molar-refractivity contribution in [2.24, 2.45) is 0 Å². The van der Waals surface area contributed by atoms with E-state index in [0.717, 1.165) is 24.5 Å². The number of anilines is 1. The Kier molecular flexibility index (Phi) is 6.77. The second-order valence-electron chi connectivity index (χ2n) is 6.79. The van der Waals surface area contributed by atoms with E-state index in [9.17, 15) is 28.1 Å². The van der Waals surface area contributed by atoms with Gasteiger partial charge in [0.2, 0.25) is 0 Å². The summed E-state index contributed by atoms with van der Waals surface area (Å²) >= 11 is 0. The molecule has 0 spiro atoms. The highest BCUT2D eigenvalue weighted by molar-refractivity contribution is 7.90. The minimum absolute atomic E-state index is 0.0352. The van der Waals surface area contributed by atoms with Crippen LogP contribution in [0.4, 0.5) is 16.2 Å². The average Bonchev–Trinajstić information content (AvgIpc) is 2.66. The smallest absolute Gasteiger partial charge is 0.343 e. The lowest BCUT2D eigenvalue weighted by Gasteiger charge is -2.20. The molecule has 2 amide bonds. The van der Waals surface area contributed by atoms with Crippen LogP contribution in [0.15, 0.2) is 47.4 Å². The second kappa shape index (κ2) is 8.91. The van der Waals surface area contributed by atoms with Crippen LogP contribution in [0, 0.1) is 10.1 Å². The van der Waals surface area contributed by atoms with Crippen molar-refractivity contribution >= 4 is 33.2 Å². The fraction of sp³-hybridized carbons (Fsp3) is 0.263. The number of amides is 2. The Hall–Kier alpha value is -3.47. The van der Waals surface area contributed by atoms with Crippen LogP contribution in [-0.4, -0.2) is 44.7 Å². The largest absolute Gasteiger partial charge is 0.423 e. The summed E-state index contributed by atoms with van der Waals surface area (Å²) < 4.78 is 28.7. The Bertz CT molecular complexity index is 1080. The summed E-state index contributed by atoms with van der Waals surface area (Å²) in [5.41, 5.74) is -0.275. The van der Waals surface area contributed by atoms with Crippen LogP contribution in [0.5, 0.6) is 5.75 Å². The predicted octanol–water partition coefficient (Wildman–Crippen LogP) is 2.77. The number of sulfone groups is 1. The number of carbonyl (C=O) groups is 2. The van der Waals surface area contributed by atoms with Crippen molar-refractivity contribution in [1.82, 2.24) is 5.32 Å². The van der Waals surface area contributed by atoms with Gasteiger partial charge in [0.25, 0.3) is 5.69 Å². The van der Waals surface area contributed by atoms with Crippen molar-refractivity contribution in [2.45, 2.75) is 24.8 Å². The molecular weight excluding hydrogens is 414 g/mol. The minimum Gasteiger partial charge on any atom is -0.423 e. The third-order valence-electron chi connectivity index (χ3n) is 3.92. The van der Waals surface area contributed by atoms with Gasteiger partial charge < -0.3 is 10.1 Å². The first-order valence-electron chi connectivity index (χ1n) is 8.74. The molecule has 0 aromatic heterocycles. The maximum atomic E-state index is 12.4. The summed E-state index contributed by atoms with van der Waals surface area (Å²) in [7, 11) is -2.20. The number of nitro benzene ring substituents is 1. The van der Waals surface area contributed by atoms with Crippen LogP contribution in [0.1, 0.15) is 24.2 Å². The first kappa shape index (κ1) is 22.8. The number of benzene rings is 2. The van der Waals surface area contributed by atoms with E-state index in [0.29, 0.717) is 5.69 Å². The molecule has 0 fully saturated rings. The third-order valence-corrected chi connectivity index (χ3v) is 5.01. The SMILES string of the molecule is CC(C)NC(=O)N(C)c1ccc(OC(=O)c2cc([N+](=O)[O-])cc(S(C)(=O)=O)c2)cc1. The quantitative estimate of drug-likeness (QED) is 0.319. The molecule has 11 heteroatoms. The monoisotopic (exact) mass is 435 g/mol. The number of ether oxygens (including phenoxy) is 1. The molecule has 2 aromatic carbocycles. The number of nitrogens with one attached hydrogen (secondary N) is 1. The van der Waals surface area contributed by atoms with Crippen LogP contribution >= 0.6 is 0 Å². The number of nitrogens with zero attached hydrogens (tertiary/aromatic N) is 2. The number of esters is 1. The van der Waals surface area contributed by atoms with Gasteiger partial charge in [-0.25, -0.2) is 18.0 Å². The van der Waals surface area contributed by atoms with E-state index in [-0.39, 0.29) is 28.3 Å². The van der Waals surface area contributed by atoms with Gasteiger partial charge in [-0.3, -0.25) is 15.0 Å². The van der Waals surface area contributed by atoms with Crippen LogP contribution in [0.25, 0.3) is 0 Å². The van der Waals surface area contributed by atoms with E-state index in [2.05, 4.69) is 5.32 Å². The van der Waals surface area contributed by atoms with Crippen molar-refractivity contribution < 1.29 is 27.7 Å². The average molecular weight is 435 g/mol. The molecule has 0 aliphatic carbocycles. The van der Waals surface area contributed by atoms with Gasteiger partial charge >= 0.3 is 12.0 Å². The zero-order chi connectivity index (χ0) is 22.6. The summed E-state index contributed by atoms with van der Waals surface area (Å²) in [6.45, 7) is 3.66. The lowest BCUT2D eigenvalue weighted by molar-refractivity contribution is -0.385. The molecule has 2 rings (SSSR count). The van der Waals surface area contributed by atoms with E-state index < -0.39 is 26.4 Å². The molecule has 1 N–H and O–H groups in total. The molecule has 0 unspecified atom stereocenters. The maximum Gasteiger partial charge on any atom is 0.343 e. The zero-order valence-electron chi connectivity index (χ0n) is 16.8. The molecule has 0 bridgehead atoms. The van der Waals surface area contributed by atoms with Crippen molar-refractivity contribution in [1.29, 1.82) is 0 Å². The molecule has 0 aliphatic rings. The highest BCUT2D eigenvalue weighted by atomic mass is 32.2. The van der Waals surface area contributed by atoms with Crippen LogP contribution in [0.2, 0.25) is 0 Å². The summed E-state index contributed by atoms with van der Waals surface area (Å²) in [6, 6.07) is 8.49. The third kappa shape index (κ3) is 5.77. The molecule has 0 atom stereocenters. The molecule has 0 radical (unpaired) electrons. The van der Waals surface area contributed by atoms with E-state index in [4.69, 9.17) is 4.74 Å². The molecule has 0 heterocycles. The van der Waals surface area contributed by atoms with Gasteiger partial charge in [-0.1, -0.05) is 0 Å². The summed E-state index contributed by atoms with van der Waals surface area (Å²) in [6.07, 6.45) is 0.881. The standard InChI is InChI=1S/C19H21N3O7S/c1-12(2)20-19(24)21(3)14-5-7-16(8-6-14)29-18(23)13-9-15(22(25)26)11-17(10-13)30(4,27)28/h5-12H,1-4H3,(H,20,24). The minimum atomic E-state index is -3.78. The Morgan fingerprint density at radius 1 is 1.13 bits per heavy atom. The van der Waals surface area contributed by atoms with Gasteiger partial charge in [0, 0.05) is 37.2 Å². The van der Waals surface area contributed by atoms with Gasteiger partial charge in [-0.2, -0.15) is 0 Å². The highest BCUT2D eigenvalue weighted by Crippen LogP contribution is 2.23. The molecule has 30 heavy (non-hydrogen) atoms. The number of hydrogen-bond donors (Lipinski definition) is 1.